The molecule has 0 radical (unpaired) electrons. The van der Waals surface area contributed by atoms with Crippen LogP contribution in [0.3, 0.4) is 0 Å². The van der Waals surface area contributed by atoms with Crippen molar-refractivity contribution in [3.8, 4) is 0 Å². The fraction of sp³-hybridized carbons (Fsp3) is 0.360. The van der Waals surface area contributed by atoms with Gasteiger partial charge in [-0.3, -0.25) is 9.59 Å². The van der Waals surface area contributed by atoms with E-state index >= 15 is 0 Å². The summed E-state index contributed by atoms with van der Waals surface area (Å²) >= 11 is 1.13. The number of aromatic nitrogens is 2. The number of nitrogens with zero attached hydrogens (tertiary/aromatic N) is 3. The third-order valence-electron chi connectivity index (χ3n) is 5.97. The summed E-state index contributed by atoms with van der Waals surface area (Å²) in [6.07, 6.45) is 4.20. The average molecular weight is 449 g/mol. The first kappa shape index (κ1) is 22.1. The molecule has 2 aromatic carbocycles. The molecule has 32 heavy (non-hydrogen) atoms. The normalized spacial score (nSPS) is 14.8. The molecule has 7 heteroatoms. The van der Waals surface area contributed by atoms with Crippen LogP contribution >= 0.6 is 11.5 Å². The summed E-state index contributed by atoms with van der Waals surface area (Å²) in [7, 11) is 0. The molecule has 1 atom stereocenters. The van der Waals surface area contributed by atoms with Crippen LogP contribution in [0.1, 0.15) is 64.5 Å². The highest BCUT2D eigenvalue weighted by atomic mass is 32.1. The number of carbonyl (C=O) groups excluding carboxylic acids is 2. The summed E-state index contributed by atoms with van der Waals surface area (Å²) in [4.78, 5) is 28.8. The van der Waals surface area contributed by atoms with Gasteiger partial charge >= 0.3 is 0 Å². The summed E-state index contributed by atoms with van der Waals surface area (Å²) in [6.45, 7) is 4.33. The van der Waals surface area contributed by atoms with Gasteiger partial charge in [-0.15, -0.1) is 5.10 Å². The van der Waals surface area contributed by atoms with Crippen molar-refractivity contribution in [1.82, 2.24) is 19.8 Å². The van der Waals surface area contributed by atoms with Crippen molar-refractivity contribution in [3.05, 3.63) is 81.9 Å². The van der Waals surface area contributed by atoms with E-state index in [2.05, 4.69) is 14.9 Å². The number of carbonyl (C=O) groups is 2. The van der Waals surface area contributed by atoms with Crippen molar-refractivity contribution in [2.45, 2.75) is 58.2 Å². The highest BCUT2D eigenvalue weighted by Crippen LogP contribution is 2.28. The zero-order valence-electron chi connectivity index (χ0n) is 18.5. The van der Waals surface area contributed by atoms with Gasteiger partial charge in [0.1, 0.15) is 6.04 Å². The fourth-order valence-electron chi connectivity index (χ4n) is 4.15. The predicted octanol–water partition coefficient (Wildman–Crippen LogP) is 4.60. The molecule has 1 saturated carbocycles. The van der Waals surface area contributed by atoms with E-state index < -0.39 is 6.04 Å². The van der Waals surface area contributed by atoms with Crippen LogP contribution in [0, 0.1) is 13.8 Å². The van der Waals surface area contributed by atoms with Gasteiger partial charge in [-0.05, 0) is 49.3 Å². The van der Waals surface area contributed by atoms with E-state index in [9.17, 15) is 9.59 Å². The predicted molar refractivity (Wildman–Crippen MR) is 125 cm³/mol. The summed E-state index contributed by atoms with van der Waals surface area (Å²) in [5, 5.41) is 8.82. The van der Waals surface area contributed by atoms with Gasteiger partial charge in [0, 0.05) is 18.0 Å². The summed E-state index contributed by atoms with van der Waals surface area (Å²) in [5.41, 5.74) is 4.24. The molecular weight excluding hydrogens is 420 g/mol. The topological polar surface area (TPSA) is 75.2 Å². The molecule has 1 N–H and O–H groups in total. The highest BCUT2D eigenvalue weighted by molar-refractivity contribution is 7.03. The highest BCUT2D eigenvalue weighted by Gasteiger charge is 2.34. The second-order valence-corrected chi connectivity index (χ2v) is 9.12. The minimum absolute atomic E-state index is 0.149. The average Bonchev–Trinajstić information content (AvgIpc) is 3.50. The lowest BCUT2D eigenvalue weighted by molar-refractivity contribution is -0.126. The maximum Gasteiger partial charge on any atom is 0.276 e. The molecule has 1 fully saturated rings. The number of aryl methyl sites for hydroxylation is 2. The van der Waals surface area contributed by atoms with Gasteiger partial charge in [0.25, 0.3) is 5.91 Å². The lowest BCUT2D eigenvalue weighted by atomic mass is 10.0. The molecule has 4 rings (SSSR count). The summed E-state index contributed by atoms with van der Waals surface area (Å²) in [5.74, 6) is -0.448. The Kier molecular flexibility index (Phi) is 6.95. The SMILES string of the molecule is Cc1ccc(CN(C(=O)c2csnn2)[C@@H](C(=O)NC2CCCC2)c2ccc(C)cc2)cc1. The van der Waals surface area contributed by atoms with E-state index in [1.807, 2.05) is 62.4 Å². The van der Waals surface area contributed by atoms with Gasteiger partial charge in [0.05, 0.1) is 0 Å². The number of nitrogens with one attached hydrogen (secondary N) is 1. The third kappa shape index (κ3) is 5.22. The maximum atomic E-state index is 13.6. The standard InChI is InChI=1S/C25H28N4O2S/c1-17-7-11-19(12-8-17)15-29(25(31)22-16-32-28-27-22)23(20-13-9-18(2)10-14-20)24(30)26-21-5-3-4-6-21/h7-14,16,21,23H,3-6,15H2,1-2H3,(H,26,30)/t23-/m1/s1. The summed E-state index contributed by atoms with van der Waals surface area (Å²) in [6, 6.07) is 15.2. The second kappa shape index (κ2) is 10.0. The summed E-state index contributed by atoms with van der Waals surface area (Å²) < 4.78 is 3.86. The molecule has 0 unspecified atom stereocenters. The van der Waals surface area contributed by atoms with E-state index in [1.54, 1.807) is 10.3 Å². The van der Waals surface area contributed by atoms with Crippen LogP contribution in [-0.2, 0) is 11.3 Å². The number of benzene rings is 2. The van der Waals surface area contributed by atoms with Crippen molar-refractivity contribution < 1.29 is 9.59 Å². The van der Waals surface area contributed by atoms with Crippen LogP contribution < -0.4 is 5.32 Å². The molecule has 0 saturated heterocycles. The molecule has 1 aliphatic carbocycles. The molecule has 1 heterocycles. The number of amides is 2. The van der Waals surface area contributed by atoms with Crippen molar-refractivity contribution in [2.75, 3.05) is 0 Å². The van der Waals surface area contributed by atoms with E-state index in [-0.39, 0.29) is 23.6 Å². The number of hydrogen-bond donors (Lipinski definition) is 1. The smallest absolute Gasteiger partial charge is 0.276 e. The Morgan fingerprint density at radius 2 is 1.66 bits per heavy atom. The van der Waals surface area contributed by atoms with E-state index in [4.69, 9.17) is 0 Å². The molecule has 166 valence electrons. The van der Waals surface area contributed by atoms with Crippen LogP contribution in [0.4, 0.5) is 0 Å². The molecular formula is C25H28N4O2S. The molecule has 3 aromatic rings. The van der Waals surface area contributed by atoms with Crippen molar-refractivity contribution in [1.29, 1.82) is 0 Å². The van der Waals surface area contributed by atoms with Crippen LogP contribution in [0.25, 0.3) is 0 Å². The Morgan fingerprint density at radius 1 is 1.03 bits per heavy atom. The van der Waals surface area contributed by atoms with Gasteiger partial charge in [-0.1, -0.05) is 77.0 Å². The molecule has 1 aliphatic rings. The number of hydrogen-bond acceptors (Lipinski definition) is 5. The first-order valence-corrected chi connectivity index (χ1v) is 11.9. The molecule has 0 aliphatic heterocycles. The lowest BCUT2D eigenvalue weighted by Gasteiger charge is -2.32. The van der Waals surface area contributed by atoms with Crippen molar-refractivity contribution >= 4 is 23.3 Å². The van der Waals surface area contributed by atoms with Crippen molar-refractivity contribution in [2.24, 2.45) is 0 Å². The largest absolute Gasteiger partial charge is 0.351 e. The van der Waals surface area contributed by atoms with Gasteiger partial charge in [0.15, 0.2) is 5.69 Å². The Bertz CT molecular complexity index is 1040. The van der Waals surface area contributed by atoms with Crippen molar-refractivity contribution in [3.63, 3.8) is 0 Å². The minimum Gasteiger partial charge on any atom is -0.351 e. The minimum atomic E-state index is -0.758. The molecule has 0 spiro atoms. The monoisotopic (exact) mass is 448 g/mol. The fourth-order valence-corrected chi connectivity index (χ4v) is 4.58. The Balaban J connectivity index is 1.73. The molecule has 1 aromatic heterocycles. The molecule has 2 amide bonds. The lowest BCUT2D eigenvalue weighted by Crippen LogP contribution is -2.46. The van der Waals surface area contributed by atoms with E-state index in [1.165, 1.54) is 0 Å². The number of rotatable bonds is 7. The van der Waals surface area contributed by atoms with Gasteiger partial charge < -0.3 is 10.2 Å². The molecule has 0 bridgehead atoms. The van der Waals surface area contributed by atoms with E-state index in [0.717, 1.165) is 59.5 Å². The zero-order valence-corrected chi connectivity index (χ0v) is 19.3. The maximum absolute atomic E-state index is 13.6. The van der Waals surface area contributed by atoms with E-state index in [0.29, 0.717) is 6.54 Å². The third-order valence-corrected chi connectivity index (χ3v) is 6.47. The Labute approximate surface area is 192 Å². The zero-order chi connectivity index (χ0) is 22.5. The quantitative estimate of drug-likeness (QED) is 0.573. The first-order chi connectivity index (χ1) is 15.5. The van der Waals surface area contributed by atoms with Crippen LogP contribution in [0.2, 0.25) is 0 Å². The van der Waals surface area contributed by atoms with Gasteiger partial charge in [0.2, 0.25) is 5.91 Å². The van der Waals surface area contributed by atoms with Gasteiger partial charge in [-0.25, -0.2) is 0 Å². The Morgan fingerprint density at radius 3 is 2.25 bits per heavy atom. The second-order valence-electron chi connectivity index (χ2n) is 8.51. The van der Waals surface area contributed by atoms with Crippen LogP contribution in [0.15, 0.2) is 53.9 Å². The Hall–Kier alpha value is -3.06. The van der Waals surface area contributed by atoms with Crippen LogP contribution in [0.5, 0.6) is 0 Å². The molecule has 6 nitrogen and oxygen atoms in total. The van der Waals surface area contributed by atoms with Gasteiger partial charge in [-0.2, -0.15) is 0 Å². The van der Waals surface area contributed by atoms with Crippen LogP contribution in [-0.4, -0.2) is 32.3 Å². The first-order valence-electron chi connectivity index (χ1n) is 11.0.